The van der Waals surface area contributed by atoms with E-state index >= 15 is 0 Å². The summed E-state index contributed by atoms with van der Waals surface area (Å²) < 4.78 is 20.8. The molecule has 12 nitrogen and oxygen atoms in total. The first kappa shape index (κ1) is 23.3. The molecule has 3 aromatic rings. The van der Waals surface area contributed by atoms with Gasteiger partial charge < -0.3 is 49.3 Å². The molecule has 1 aliphatic heterocycles. The van der Waals surface area contributed by atoms with Gasteiger partial charge in [-0.3, -0.25) is 4.79 Å². The van der Waals surface area contributed by atoms with Crippen molar-refractivity contribution in [3.8, 4) is 34.3 Å². The van der Waals surface area contributed by atoms with E-state index in [2.05, 4.69) is 4.74 Å². The lowest BCUT2D eigenvalue weighted by atomic mass is 9.99. The van der Waals surface area contributed by atoms with Gasteiger partial charge in [-0.05, 0) is 18.2 Å². The van der Waals surface area contributed by atoms with E-state index in [9.17, 15) is 40.2 Å². The zero-order valence-electron chi connectivity index (χ0n) is 17.5. The molecule has 0 radical (unpaired) electrons. The van der Waals surface area contributed by atoms with E-state index < -0.39 is 53.6 Å². The molecule has 12 heteroatoms. The summed E-state index contributed by atoms with van der Waals surface area (Å²) in [5.74, 6) is -2.53. The largest absolute Gasteiger partial charge is 0.508 e. The second-order valence-corrected chi connectivity index (χ2v) is 7.53. The standard InChI is InChI=1S/C22H20O12/c1-31-21(30)20-18(28)17(27)19(29)22(34-20)33-14-4-8(2-3-10(14)24)13-7-12(26)16-11(25)5-9(23)6-15(16)32-13/h2-7,17-20,22-25,27-29H,1H3/t17-,18-,19+,20-,22-/m0/s1. The Balaban J connectivity index is 1.69. The van der Waals surface area contributed by atoms with Crippen molar-refractivity contribution in [2.24, 2.45) is 0 Å². The van der Waals surface area contributed by atoms with E-state index in [1.165, 1.54) is 18.2 Å². The first-order valence-electron chi connectivity index (χ1n) is 9.88. The summed E-state index contributed by atoms with van der Waals surface area (Å²) in [5, 5.41) is 59.9. The summed E-state index contributed by atoms with van der Waals surface area (Å²) >= 11 is 0. The summed E-state index contributed by atoms with van der Waals surface area (Å²) in [6.07, 6.45) is -8.78. The lowest BCUT2D eigenvalue weighted by molar-refractivity contribution is -0.272. The van der Waals surface area contributed by atoms with Crippen LogP contribution in [0.2, 0.25) is 0 Å². The summed E-state index contributed by atoms with van der Waals surface area (Å²) in [5.41, 5.74) is -0.488. The fourth-order valence-corrected chi connectivity index (χ4v) is 3.54. The summed E-state index contributed by atoms with van der Waals surface area (Å²) in [7, 11) is 1.04. The van der Waals surface area contributed by atoms with Crippen molar-refractivity contribution in [3.63, 3.8) is 0 Å². The van der Waals surface area contributed by atoms with E-state index in [1.54, 1.807) is 0 Å². The van der Waals surface area contributed by atoms with Crippen LogP contribution in [0.5, 0.6) is 23.0 Å². The highest BCUT2D eigenvalue weighted by Gasteiger charge is 2.48. The quantitative estimate of drug-likeness (QED) is 0.275. The minimum Gasteiger partial charge on any atom is -0.508 e. The van der Waals surface area contributed by atoms with Crippen molar-refractivity contribution in [1.29, 1.82) is 0 Å². The Hall–Kier alpha value is -3.84. The van der Waals surface area contributed by atoms with Crippen LogP contribution in [0.15, 0.2) is 45.6 Å². The van der Waals surface area contributed by atoms with Crippen LogP contribution in [0.3, 0.4) is 0 Å². The maximum Gasteiger partial charge on any atom is 0.337 e. The second kappa shape index (κ2) is 8.83. The zero-order chi connectivity index (χ0) is 24.7. The van der Waals surface area contributed by atoms with Gasteiger partial charge in [0.05, 0.1) is 7.11 Å². The van der Waals surface area contributed by atoms with E-state index in [0.717, 1.165) is 25.3 Å². The Kier molecular flexibility index (Phi) is 6.06. The van der Waals surface area contributed by atoms with E-state index in [-0.39, 0.29) is 33.8 Å². The predicted molar refractivity (Wildman–Crippen MR) is 112 cm³/mol. The highest BCUT2D eigenvalue weighted by Crippen LogP contribution is 2.36. The number of fused-ring (bicyclic) bond motifs is 1. The minimum absolute atomic E-state index is 0.0136. The predicted octanol–water partition coefficient (Wildman–Crippen LogP) is -0.0638. The third kappa shape index (κ3) is 4.10. The highest BCUT2D eigenvalue weighted by molar-refractivity contribution is 5.86. The molecule has 180 valence electrons. The number of esters is 1. The number of hydrogen-bond donors (Lipinski definition) is 6. The third-order valence-electron chi connectivity index (χ3n) is 5.29. The van der Waals surface area contributed by atoms with Gasteiger partial charge in [0, 0.05) is 23.8 Å². The van der Waals surface area contributed by atoms with E-state index in [1.807, 2.05) is 0 Å². The number of methoxy groups -OCH3 is 1. The molecular formula is C22H20O12. The molecule has 0 saturated carbocycles. The maximum atomic E-state index is 12.5. The van der Waals surface area contributed by atoms with Gasteiger partial charge in [0.2, 0.25) is 6.29 Å². The number of hydrogen-bond acceptors (Lipinski definition) is 12. The van der Waals surface area contributed by atoms with Crippen molar-refractivity contribution in [3.05, 3.63) is 46.6 Å². The van der Waals surface area contributed by atoms with Gasteiger partial charge >= 0.3 is 5.97 Å². The summed E-state index contributed by atoms with van der Waals surface area (Å²) in [6.45, 7) is 0. The number of phenols is 3. The van der Waals surface area contributed by atoms with Gasteiger partial charge in [-0.15, -0.1) is 0 Å². The number of aromatic hydroxyl groups is 3. The first-order valence-corrected chi connectivity index (χ1v) is 9.88. The van der Waals surface area contributed by atoms with Crippen LogP contribution in [-0.2, 0) is 14.3 Å². The normalized spacial score (nSPS) is 24.6. The zero-order valence-corrected chi connectivity index (χ0v) is 17.5. The molecule has 0 bridgehead atoms. The van der Waals surface area contributed by atoms with Crippen LogP contribution >= 0.6 is 0 Å². The topological polar surface area (TPSA) is 196 Å². The fraction of sp³-hybridized carbons (Fsp3) is 0.273. The van der Waals surface area contributed by atoms with Crippen LogP contribution in [0, 0.1) is 0 Å². The van der Waals surface area contributed by atoms with Crippen molar-refractivity contribution in [2.75, 3.05) is 7.11 Å². The Morgan fingerprint density at radius 3 is 2.38 bits per heavy atom. The molecule has 1 aliphatic rings. The minimum atomic E-state index is -1.83. The number of phenolic OH excluding ortho intramolecular Hbond substituents is 3. The number of rotatable bonds is 4. The molecule has 0 amide bonds. The molecule has 6 N–H and O–H groups in total. The fourth-order valence-electron chi connectivity index (χ4n) is 3.54. The molecule has 4 rings (SSSR count). The molecule has 1 aromatic heterocycles. The number of aliphatic hydroxyl groups excluding tert-OH is 3. The van der Waals surface area contributed by atoms with Crippen molar-refractivity contribution in [2.45, 2.75) is 30.7 Å². The Labute approximate surface area is 190 Å². The third-order valence-corrected chi connectivity index (χ3v) is 5.29. The molecule has 5 atom stereocenters. The van der Waals surface area contributed by atoms with E-state index in [0.29, 0.717) is 0 Å². The first-order chi connectivity index (χ1) is 16.1. The van der Waals surface area contributed by atoms with Crippen LogP contribution in [0.1, 0.15) is 0 Å². The van der Waals surface area contributed by atoms with E-state index in [4.69, 9.17) is 13.9 Å². The van der Waals surface area contributed by atoms with Gasteiger partial charge in [0.25, 0.3) is 0 Å². The van der Waals surface area contributed by atoms with Gasteiger partial charge in [0.15, 0.2) is 23.0 Å². The van der Waals surface area contributed by atoms with Crippen LogP contribution in [0.25, 0.3) is 22.3 Å². The molecule has 2 aromatic carbocycles. The van der Waals surface area contributed by atoms with Crippen molar-refractivity contribution < 1.29 is 54.1 Å². The molecule has 0 spiro atoms. The van der Waals surface area contributed by atoms with Crippen LogP contribution in [0.4, 0.5) is 0 Å². The van der Waals surface area contributed by atoms with Gasteiger partial charge in [0.1, 0.15) is 46.5 Å². The SMILES string of the molecule is COC(=O)[C@H]1O[C@H](Oc2cc(-c3cc(=O)c4c(O)cc(O)cc4o3)ccc2O)[C@H](O)[C@@H](O)[C@@H]1O. The molecule has 0 aliphatic carbocycles. The Morgan fingerprint density at radius 1 is 0.941 bits per heavy atom. The highest BCUT2D eigenvalue weighted by atomic mass is 16.7. The number of carbonyl (C=O) groups is 1. The Bertz CT molecular complexity index is 1300. The summed E-state index contributed by atoms with van der Waals surface area (Å²) in [6, 6.07) is 7.00. The molecule has 34 heavy (non-hydrogen) atoms. The van der Waals surface area contributed by atoms with Gasteiger partial charge in [-0.1, -0.05) is 0 Å². The molecule has 2 heterocycles. The number of carbonyl (C=O) groups excluding carboxylic acids is 1. The van der Waals surface area contributed by atoms with Crippen LogP contribution in [-0.4, -0.2) is 74.4 Å². The number of benzene rings is 2. The number of ether oxygens (including phenoxy) is 3. The summed E-state index contributed by atoms with van der Waals surface area (Å²) in [4.78, 5) is 24.3. The lowest BCUT2D eigenvalue weighted by Crippen LogP contribution is -2.61. The van der Waals surface area contributed by atoms with Crippen molar-refractivity contribution >= 4 is 16.9 Å². The van der Waals surface area contributed by atoms with Crippen LogP contribution < -0.4 is 10.2 Å². The van der Waals surface area contributed by atoms with Gasteiger partial charge in [-0.2, -0.15) is 0 Å². The lowest BCUT2D eigenvalue weighted by Gasteiger charge is -2.38. The average molecular weight is 476 g/mol. The number of aliphatic hydroxyl groups is 3. The molecular weight excluding hydrogens is 456 g/mol. The van der Waals surface area contributed by atoms with Gasteiger partial charge in [-0.25, -0.2) is 4.79 Å². The van der Waals surface area contributed by atoms with Crippen molar-refractivity contribution in [1.82, 2.24) is 0 Å². The molecule has 1 fully saturated rings. The maximum absolute atomic E-state index is 12.5. The second-order valence-electron chi connectivity index (χ2n) is 7.53. The molecule has 0 unspecified atom stereocenters. The monoisotopic (exact) mass is 476 g/mol. The average Bonchev–Trinajstić information content (AvgIpc) is 2.79. The molecule has 1 saturated heterocycles. The smallest absolute Gasteiger partial charge is 0.337 e. The Morgan fingerprint density at radius 2 is 1.68 bits per heavy atom.